The van der Waals surface area contributed by atoms with Crippen molar-refractivity contribution in [2.75, 3.05) is 24.3 Å². The fourth-order valence-corrected chi connectivity index (χ4v) is 7.19. The van der Waals surface area contributed by atoms with Crippen molar-refractivity contribution in [3.05, 3.63) is 39.9 Å². The van der Waals surface area contributed by atoms with Gasteiger partial charge in [-0.05, 0) is 17.0 Å². The van der Waals surface area contributed by atoms with Gasteiger partial charge in [0.2, 0.25) is 0 Å². The number of β-lactam (4-membered cyclic amide) rings is 1. The van der Waals surface area contributed by atoms with E-state index in [1.807, 2.05) is 17.5 Å². The summed E-state index contributed by atoms with van der Waals surface area (Å²) in [4.78, 5) is 52.0. The minimum Gasteiger partial charge on any atom is -0.477 e. The number of oxime groups is 1. The molecule has 13 nitrogen and oxygen atoms in total. The summed E-state index contributed by atoms with van der Waals surface area (Å²) in [5.74, 6) is -1.12. The topological polar surface area (TPSA) is 189 Å². The van der Waals surface area contributed by atoms with Gasteiger partial charge in [-0.2, -0.15) is 0 Å². The molecule has 0 saturated carbocycles. The lowest BCUT2D eigenvalue weighted by Crippen LogP contribution is -2.71. The molecular formula is C20H18N8O5S4. The number of H-pyrrole nitrogens is 1. The number of thiophene rings is 1. The standard InChI is InChI=1S/C20H18N8O5S4/c1-33-27-11(9-7-36-19(21)22-9)15(29)23-12-16(30)28-13(18(31)32)8(5-35-17(12)28)6-37-20-24-14(25-26-20)10-3-2-4-34-10/h2-4,7,12,17H,5-6H2,1H3,(H2,21,22)(H,23,29)(H,31,32)(H,24,25,26)/t12-,17+/m1/s1. The van der Waals surface area contributed by atoms with E-state index in [1.165, 1.54) is 46.9 Å². The molecular weight excluding hydrogens is 561 g/mol. The highest BCUT2D eigenvalue weighted by Gasteiger charge is 2.54. The van der Waals surface area contributed by atoms with Crippen LogP contribution in [-0.4, -0.2) is 83.7 Å². The number of anilines is 1. The first-order valence-corrected chi connectivity index (χ1v) is 14.3. The molecule has 192 valence electrons. The van der Waals surface area contributed by atoms with Gasteiger partial charge < -0.3 is 26.0 Å². The Morgan fingerprint density at radius 2 is 2.24 bits per heavy atom. The zero-order chi connectivity index (χ0) is 26.1. The van der Waals surface area contributed by atoms with Crippen LogP contribution in [-0.2, 0) is 19.2 Å². The smallest absolute Gasteiger partial charge is 0.352 e. The van der Waals surface area contributed by atoms with Crippen LogP contribution < -0.4 is 11.1 Å². The highest BCUT2D eigenvalue weighted by molar-refractivity contribution is 8.01. The van der Waals surface area contributed by atoms with E-state index in [0.29, 0.717) is 28.1 Å². The van der Waals surface area contributed by atoms with E-state index in [9.17, 15) is 19.5 Å². The van der Waals surface area contributed by atoms with Crippen molar-refractivity contribution in [2.24, 2.45) is 5.16 Å². The maximum absolute atomic E-state index is 13.0. The van der Waals surface area contributed by atoms with Crippen molar-refractivity contribution in [3.8, 4) is 10.7 Å². The van der Waals surface area contributed by atoms with Crippen LogP contribution in [0.2, 0.25) is 0 Å². The molecule has 37 heavy (non-hydrogen) atoms. The van der Waals surface area contributed by atoms with Crippen molar-refractivity contribution in [3.63, 3.8) is 0 Å². The number of carbonyl (C=O) groups excluding carboxylic acids is 2. The zero-order valence-electron chi connectivity index (χ0n) is 18.9. The van der Waals surface area contributed by atoms with E-state index >= 15 is 0 Å². The van der Waals surface area contributed by atoms with Crippen LogP contribution in [0.3, 0.4) is 0 Å². The molecule has 2 aliphatic heterocycles. The highest BCUT2D eigenvalue weighted by Crippen LogP contribution is 2.41. The lowest BCUT2D eigenvalue weighted by atomic mass is 10.0. The van der Waals surface area contributed by atoms with Gasteiger partial charge in [0.05, 0.1) is 4.88 Å². The normalized spacial score (nSPS) is 19.4. The average molecular weight is 579 g/mol. The van der Waals surface area contributed by atoms with Crippen LogP contribution in [0.1, 0.15) is 5.69 Å². The number of carboxylic acids is 1. The van der Waals surface area contributed by atoms with Crippen LogP contribution in [0.5, 0.6) is 0 Å². The SMILES string of the molecule is CON=C(C(=O)N[C@@H]1C(=O)N2C(C(=O)O)=C(CSc3nnc(-c4cccs4)[nH]3)CS[C@@H]12)c1csc(N)n1. The Kier molecular flexibility index (Phi) is 7.18. The number of rotatable bonds is 9. The summed E-state index contributed by atoms with van der Waals surface area (Å²) in [6.45, 7) is 0. The third-order valence-electron chi connectivity index (χ3n) is 5.30. The molecule has 0 aliphatic carbocycles. The number of nitrogens with zero attached hydrogens (tertiary/aromatic N) is 5. The second kappa shape index (κ2) is 10.5. The molecule has 5 rings (SSSR count). The predicted molar refractivity (Wildman–Crippen MR) is 140 cm³/mol. The number of thiazole rings is 1. The molecule has 2 aliphatic rings. The zero-order valence-corrected chi connectivity index (χ0v) is 22.2. The van der Waals surface area contributed by atoms with Crippen LogP contribution in [0.4, 0.5) is 5.13 Å². The average Bonchev–Trinajstić information content (AvgIpc) is 3.65. The number of nitrogens with two attached hydrogens (primary N) is 1. The van der Waals surface area contributed by atoms with Crippen molar-refractivity contribution in [1.29, 1.82) is 0 Å². The summed E-state index contributed by atoms with van der Waals surface area (Å²) >= 11 is 5.32. The maximum Gasteiger partial charge on any atom is 0.352 e. The number of nitrogens with one attached hydrogen (secondary N) is 2. The number of thioether (sulfide) groups is 2. The van der Waals surface area contributed by atoms with E-state index in [-0.39, 0.29) is 22.2 Å². The van der Waals surface area contributed by atoms with Gasteiger partial charge in [-0.25, -0.2) is 9.78 Å². The Labute approximate surface area is 225 Å². The molecule has 1 fully saturated rings. The number of carboxylic acid groups (broad SMARTS) is 1. The molecule has 0 spiro atoms. The molecule has 0 unspecified atom stereocenters. The summed E-state index contributed by atoms with van der Waals surface area (Å²) in [5.41, 5.74) is 6.21. The van der Waals surface area contributed by atoms with Crippen molar-refractivity contribution < 1.29 is 24.3 Å². The Bertz CT molecular complexity index is 1420. The minimum atomic E-state index is -1.21. The van der Waals surface area contributed by atoms with Crippen LogP contribution in [0.25, 0.3) is 10.7 Å². The highest BCUT2D eigenvalue weighted by atomic mass is 32.2. The second-order valence-corrected chi connectivity index (χ2v) is 11.5. The van der Waals surface area contributed by atoms with E-state index in [1.54, 1.807) is 5.38 Å². The Balaban J connectivity index is 1.28. The fourth-order valence-electron chi connectivity index (χ4n) is 3.69. The maximum atomic E-state index is 13.0. The number of fused-ring (bicyclic) bond motifs is 1. The predicted octanol–water partition coefficient (Wildman–Crippen LogP) is 1.45. The first-order chi connectivity index (χ1) is 17.9. The van der Waals surface area contributed by atoms with E-state index in [0.717, 1.165) is 16.2 Å². The number of hydrogen-bond acceptors (Lipinski definition) is 13. The first kappa shape index (κ1) is 25.2. The molecule has 0 radical (unpaired) electrons. The second-order valence-electron chi connectivity index (χ2n) is 7.56. The van der Waals surface area contributed by atoms with Crippen molar-refractivity contribution in [2.45, 2.75) is 16.6 Å². The van der Waals surface area contributed by atoms with E-state index in [2.05, 4.69) is 30.6 Å². The quantitative estimate of drug-likeness (QED) is 0.124. The van der Waals surface area contributed by atoms with E-state index < -0.39 is 29.2 Å². The third-order valence-corrected chi connectivity index (χ3v) is 9.14. The molecule has 5 heterocycles. The summed E-state index contributed by atoms with van der Waals surface area (Å²) in [6.07, 6.45) is 0. The number of hydrogen-bond donors (Lipinski definition) is 4. The lowest BCUT2D eigenvalue weighted by molar-refractivity contribution is -0.150. The van der Waals surface area contributed by atoms with Gasteiger partial charge >= 0.3 is 5.97 Å². The van der Waals surface area contributed by atoms with Crippen molar-refractivity contribution >= 4 is 74.8 Å². The molecule has 3 aromatic rings. The third kappa shape index (κ3) is 4.94. The van der Waals surface area contributed by atoms with E-state index in [4.69, 9.17) is 10.6 Å². The molecule has 2 amide bonds. The largest absolute Gasteiger partial charge is 0.477 e. The molecule has 0 aromatic carbocycles. The minimum absolute atomic E-state index is 0.0807. The van der Waals surface area contributed by atoms with Gasteiger partial charge in [-0.3, -0.25) is 14.5 Å². The van der Waals surface area contributed by atoms with Crippen LogP contribution in [0, 0.1) is 0 Å². The number of aliphatic carboxylic acids is 1. The summed E-state index contributed by atoms with van der Waals surface area (Å²) in [5, 5.41) is 28.2. The molecule has 5 N–H and O–H groups in total. The van der Waals surface area contributed by atoms with Gasteiger partial charge in [0.1, 0.15) is 29.9 Å². The van der Waals surface area contributed by atoms with Gasteiger partial charge in [-0.15, -0.1) is 44.6 Å². The molecule has 3 aromatic heterocycles. The van der Waals surface area contributed by atoms with Gasteiger partial charge in [0.25, 0.3) is 11.8 Å². The lowest BCUT2D eigenvalue weighted by Gasteiger charge is -2.49. The van der Waals surface area contributed by atoms with Crippen LogP contribution in [0.15, 0.2) is 44.5 Å². The molecule has 2 atom stereocenters. The molecule has 1 saturated heterocycles. The fraction of sp³-hybridized carbons (Fsp3) is 0.250. The molecule has 17 heteroatoms. The number of aromatic amines is 1. The molecule has 0 bridgehead atoms. The Hall–Kier alpha value is -3.41. The number of carbonyl (C=O) groups is 3. The van der Waals surface area contributed by atoms with Gasteiger partial charge in [-0.1, -0.05) is 23.0 Å². The Morgan fingerprint density at radius 3 is 2.92 bits per heavy atom. The number of nitrogen functional groups attached to an aromatic ring is 1. The summed E-state index contributed by atoms with van der Waals surface area (Å²) in [7, 11) is 1.28. The summed E-state index contributed by atoms with van der Waals surface area (Å²) < 4.78 is 0. The van der Waals surface area contributed by atoms with Crippen molar-refractivity contribution in [1.82, 2.24) is 30.4 Å². The first-order valence-electron chi connectivity index (χ1n) is 10.5. The summed E-state index contributed by atoms with van der Waals surface area (Å²) in [6, 6.07) is 2.90. The Morgan fingerprint density at radius 1 is 1.41 bits per heavy atom. The van der Waals surface area contributed by atoms with Gasteiger partial charge in [0.15, 0.2) is 21.8 Å². The van der Waals surface area contributed by atoms with Gasteiger partial charge in [0, 0.05) is 16.9 Å². The number of aromatic nitrogens is 4. The monoisotopic (exact) mass is 578 g/mol. The number of amides is 2. The van der Waals surface area contributed by atoms with Crippen LogP contribution >= 0.6 is 46.2 Å².